The van der Waals surface area contributed by atoms with E-state index in [4.69, 9.17) is 0 Å². The van der Waals surface area contributed by atoms with Crippen molar-refractivity contribution in [1.29, 1.82) is 0 Å². The Kier molecular flexibility index (Phi) is 6.00. The molecule has 3 aromatic rings. The molecule has 188 valence electrons. The molecule has 0 amide bonds. The van der Waals surface area contributed by atoms with Crippen LogP contribution >= 0.6 is 0 Å². The molecule has 1 aliphatic carbocycles. The van der Waals surface area contributed by atoms with Crippen LogP contribution < -0.4 is 9.80 Å². The number of hydrogen-bond donors (Lipinski definition) is 0. The van der Waals surface area contributed by atoms with Crippen LogP contribution in [-0.2, 0) is 22.9 Å². The van der Waals surface area contributed by atoms with Gasteiger partial charge in [-0.15, -0.1) is 3.98 Å². The summed E-state index contributed by atoms with van der Waals surface area (Å²) in [6, 6.07) is 24.1. The van der Waals surface area contributed by atoms with Crippen LogP contribution in [0.5, 0.6) is 0 Å². The van der Waals surface area contributed by atoms with Crippen molar-refractivity contribution in [3.63, 3.8) is 0 Å². The molecule has 5 nitrogen and oxygen atoms in total. The summed E-state index contributed by atoms with van der Waals surface area (Å²) >= 11 is 0. The molecule has 37 heavy (non-hydrogen) atoms. The first kappa shape index (κ1) is 23.7. The minimum absolute atomic E-state index is 0.316. The molecule has 6 heteroatoms. The molecule has 0 unspecified atom stereocenters. The van der Waals surface area contributed by atoms with E-state index in [0.29, 0.717) is 4.90 Å². The summed E-state index contributed by atoms with van der Waals surface area (Å²) in [5, 5.41) is 0. The number of fused-ring (bicyclic) bond motifs is 2. The molecule has 0 aromatic heterocycles. The number of anilines is 2. The smallest absolute Gasteiger partial charge is 0.347 e. The lowest BCUT2D eigenvalue weighted by Gasteiger charge is -2.16. The van der Waals surface area contributed by atoms with Crippen molar-refractivity contribution in [3.8, 4) is 0 Å². The van der Waals surface area contributed by atoms with Crippen LogP contribution in [0.4, 0.5) is 11.4 Å². The van der Waals surface area contributed by atoms with Gasteiger partial charge in [0.05, 0.1) is 0 Å². The summed E-state index contributed by atoms with van der Waals surface area (Å²) in [6.45, 7) is 3.78. The summed E-state index contributed by atoms with van der Waals surface area (Å²) in [7, 11) is -2.01. The van der Waals surface area contributed by atoms with Crippen LogP contribution in [0.1, 0.15) is 29.5 Å². The molecule has 2 heterocycles. The average Bonchev–Trinajstić information content (AvgIpc) is 3.62. The highest BCUT2D eigenvalue weighted by molar-refractivity contribution is 7.85. The van der Waals surface area contributed by atoms with Crippen molar-refractivity contribution in [3.05, 3.63) is 113 Å². The fourth-order valence-electron chi connectivity index (χ4n) is 5.73. The maximum absolute atomic E-state index is 13.8. The van der Waals surface area contributed by atoms with Gasteiger partial charge in [-0.05, 0) is 68.0 Å². The van der Waals surface area contributed by atoms with E-state index in [1.54, 1.807) is 19.2 Å². The predicted octanol–water partition coefficient (Wildman–Crippen LogP) is 5.45. The van der Waals surface area contributed by atoms with Gasteiger partial charge in [-0.2, -0.15) is 8.42 Å². The van der Waals surface area contributed by atoms with E-state index >= 15 is 0 Å². The fraction of sp³-hybridized carbons (Fsp3) is 0.258. The van der Waals surface area contributed by atoms with Gasteiger partial charge in [0, 0.05) is 48.0 Å². The van der Waals surface area contributed by atoms with Gasteiger partial charge >= 0.3 is 10.0 Å². The Morgan fingerprint density at radius 1 is 0.703 bits per heavy atom. The largest absolute Gasteiger partial charge is 0.395 e. The second-order valence-corrected chi connectivity index (χ2v) is 12.1. The Hall–Kier alpha value is -3.64. The van der Waals surface area contributed by atoms with Gasteiger partial charge in [0.2, 0.25) is 5.71 Å². The standard InChI is InChI=1S/C31H32N3O2S/c1-23-11-15-28(16-12-23)37(35,36)32(2)31-26(21-33-19-17-24-7-3-5-9-29(24)33)13-14-27(31)22-34-20-18-25-8-4-6-10-30(25)34/h3-12,15-16,21-22H,13-14,17-20H2,1-2H3/q+1. The lowest BCUT2D eigenvalue weighted by atomic mass is 10.1. The van der Waals surface area contributed by atoms with Crippen LogP contribution in [0, 0.1) is 6.92 Å². The lowest BCUT2D eigenvalue weighted by molar-refractivity contribution is -0.325. The summed E-state index contributed by atoms with van der Waals surface area (Å²) in [5.74, 6) is 0. The number of aryl methyl sites for hydroxylation is 1. The normalized spacial score (nSPS) is 19.1. The molecule has 3 aliphatic rings. The quantitative estimate of drug-likeness (QED) is 0.438. The second-order valence-electron chi connectivity index (χ2n) is 10.1. The molecule has 0 atom stereocenters. The van der Waals surface area contributed by atoms with Gasteiger partial charge in [0.25, 0.3) is 0 Å². The van der Waals surface area contributed by atoms with Crippen LogP contribution in [0.25, 0.3) is 0 Å². The van der Waals surface area contributed by atoms with Crippen molar-refractivity contribution in [2.45, 2.75) is 37.5 Å². The number of allylic oxidation sites excluding steroid dienone is 2. The maximum atomic E-state index is 13.8. The first-order valence-corrected chi connectivity index (χ1v) is 14.4. The summed E-state index contributed by atoms with van der Waals surface area (Å²) in [5.41, 5.74) is 9.06. The molecule has 0 spiro atoms. The van der Waals surface area contributed by atoms with Gasteiger partial charge in [0.15, 0.2) is 7.05 Å². The van der Waals surface area contributed by atoms with Crippen LogP contribution in [0.15, 0.2) is 101 Å². The monoisotopic (exact) mass is 510 g/mol. The van der Waals surface area contributed by atoms with E-state index in [9.17, 15) is 8.42 Å². The maximum Gasteiger partial charge on any atom is 0.395 e. The minimum Gasteiger partial charge on any atom is -0.347 e. The van der Waals surface area contributed by atoms with Crippen molar-refractivity contribution in [2.75, 3.05) is 29.9 Å². The Balaban J connectivity index is 1.46. The first-order chi connectivity index (χ1) is 17.9. The van der Waals surface area contributed by atoms with Crippen LogP contribution in [0.3, 0.4) is 0 Å². The average molecular weight is 511 g/mol. The molecule has 1 fully saturated rings. The third-order valence-corrected chi connectivity index (χ3v) is 9.51. The van der Waals surface area contributed by atoms with Crippen molar-refractivity contribution < 1.29 is 12.4 Å². The van der Waals surface area contributed by atoms with E-state index in [1.165, 1.54) is 26.5 Å². The predicted molar refractivity (Wildman–Crippen MR) is 150 cm³/mol. The lowest BCUT2D eigenvalue weighted by Crippen LogP contribution is -2.27. The molecule has 2 aliphatic heterocycles. The Bertz CT molecular complexity index is 1490. The minimum atomic E-state index is -3.72. The fourth-order valence-corrected chi connectivity index (χ4v) is 7.00. The Labute approximate surface area is 219 Å². The van der Waals surface area contributed by atoms with E-state index in [-0.39, 0.29) is 0 Å². The molecule has 0 radical (unpaired) electrons. The summed E-state index contributed by atoms with van der Waals surface area (Å²) < 4.78 is 29.1. The van der Waals surface area contributed by atoms with Crippen LogP contribution in [-0.4, -0.2) is 38.2 Å². The zero-order valence-corrected chi connectivity index (χ0v) is 22.2. The highest BCUT2D eigenvalue weighted by Crippen LogP contribution is 2.35. The zero-order valence-electron chi connectivity index (χ0n) is 21.4. The number of nitrogens with zero attached hydrogens (tertiary/aromatic N) is 3. The van der Waals surface area contributed by atoms with E-state index < -0.39 is 10.0 Å². The van der Waals surface area contributed by atoms with E-state index in [0.717, 1.165) is 61.2 Å². The number of para-hydroxylation sites is 2. The highest BCUT2D eigenvalue weighted by Gasteiger charge is 2.37. The van der Waals surface area contributed by atoms with Crippen LogP contribution in [0.2, 0.25) is 0 Å². The van der Waals surface area contributed by atoms with E-state index in [2.05, 4.69) is 70.7 Å². The molecular formula is C31H32N3O2S+. The van der Waals surface area contributed by atoms with Crippen molar-refractivity contribution in [2.24, 2.45) is 0 Å². The molecule has 0 bridgehead atoms. The Morgan fingerprint density at radius 2 is 1.19 bits per heavy atom. The summed E-state index contributed by atoms with van der Waals surface area (Å²) in [4.78, 5) is 4.88. The van der Waals surface area contributed by atoms with E-state index in [1.807, 2.05) is 19.1 Å². The molecule has 0 saturated heterocycles. The van der Waals surface area contributed by atoms with Gasteiger partial charge in [-0.25, -0.2) is 0 Å². The SMILES string of the molecule is Cc1ccc(S(=O)(=O)[N+](C)=C2C(=CN3CCc4ccccc43)CCC2=CN2CCc3ccccc32)cc1. The number of hydrogen-bond acceptors (Lipinski definition) is 4. The molecule has 0 N–H and O–H groups in total. The molecule has 6 rings (SSSR count). The molecule has 1 saturated carbocycles. The van der Waals surface area contributed by atoms with Crippen molar-refractivity contribution >= 4 is 27.1 Å². The zero-order chi connectivity index (χ0) is 25.6. The molecule has 3 aromatic carbocycles. The third kappa shape index (κ3) is 4.29. The van der Waals surface area contributed by atoms with Gasteiger partial charge in [-0.3, -0.25) is 0 Å². The van der Waals surface area contributed by atoms with Gasteiger partial charge in [-0.1, -0.05) is 54.1 Å². The van der Waals surface area contributed by atoms with Gasteiger partial charge < -0.3 is 9.80 Å². The summed E-state index contributed by atoms with van der Waals surface area (Å²) in [6.07, 6.45) is 7.98. The topological polar surface area (TPSA) is 43.6 Å². The van der Waals surface area contributed by atoms with Crippen molar-refractivity contribution in [1.82, 2.24) is 0 Å². The molecular weight excluding hydrogens is 478 g/mol. The third-order valence-electron chi connectivity index (χ3n) is 7.74. The highest BCUT2D eigenvalue weighted by atomic mass is 32.2. The Morgan fingerprint density at radius 3 is 1.70 bits per heavy atom. The number of rotatable bonds is 4. The number of sulfonamides is 1. The first-order valence-electron chi connectivity index (χ1n) is 13.0. The van der Waals surface area contributed by atoms with Gasteiger partial charge in [0.1, 0.15) is 4.90 Å². The second kappa shape index (κ2) is 9.34. The number of benzene rings is 3.